The molecule has 1 aliphatic heterocycles. The van der Waals surface area contributed by atoms with Gasteiger partial charge in [0, 0.05) is 35.5 Å². The van der Waals surface area contributed by atoms with E-state index in [1.54, 1.807) is 0 Å². The Bertz CT molecular complexity index is 1470. The monoisotopic (exact) mass is 513 g/mol. The van der Waals surface area contributed by atoms with Gasteiger partial charge in [-0.3, -0.25) is 34.7 Å². The Morgan fingerprint density at radius 3 is 1.92 bits per heavy atom. The van der Waals surface area contributed by atoms with Crippen LogP contribution in [0.15, 0.2) is 78.4 Å². The van der Waals surface area contributed by atoms with Crippen LogP contribution >= 0.6 is 0 Å². The molecule has 1 saturated heterocycles. The lowest BCUT2D eigenvalue weighted by Gasteiger charge is -2.26. The average Bonchev–Trinajstić information content (AvgIpc) is 3.13. The Kier molecular flexibility index (Phi) is 6.21. The molecule has 0 aromatic heterocycles. The molecule has 0 spiro atoms. The topological polar surface area (TPSA) is 144 Å². The Morgan fingerprint density at radius 1 is 0.865 bits per heavy atom. The third-order valence-corrected chi connectivity index (χ3v) is 5.67. The summed E-state index contributed by atoms with van der Waals surface area (Å²) < 4.78 is 40.1. The number of Topliss-reactive ketones (excluding diaryl/α,β-unsaturated/α-hetero) is 1. The lowest BCUT2D eigenvalue weighted by Crippen LogP contribution is -2.29. The summed E-state index contributed by atoms with van der Waals surface area (Å²) >= 11 is 0. The van der Waals surface area contributed by atoms with Gasteiger partial charge in [0.2, 0.25) is 0 Å². The third kappa shape index (κ3) is 4.61. The maximum atomic E-state index is 13.4. The van der Waals surface area contributed by atoms with Gasteiger partial charge in [0.05, 0.1) is 27.0 Å². The minimum atomic E-state index is -4.76. The zero-order valence-corrected chi connectivity index (χ0v) is 18.4. The Labute approximate surface area is 205 Å². The number of aliphatic hydroxyl groups is 1. The average molecular weight is 513 g/mol. The number of halogens is 3. The van der Waals surface area contributed by atoms with Crippen LogP contribution in [0.1, 0.15) is 22.7 Å². The van der Waals surface area contributed by atoms with Crippen LogP contribution < -0.4 is 4.90 Å². The van der Waals surface area contributed by atoms with Crippen LogP contribution in [0, 0.1) is 20.2 Å². The minimum Gasteiger partial charge on any atom is -0.507 e. The highest BCUT2D eigenvalue weighted by atomic mass is 19.4. The van der Waals surface area contributed by atoms with Crippen LogP contribution in [0.25, 0.3) is 5.76 Å². The molecule has 10 nitrogen and oxygen atoms in total. The van der Waals surface area contributed by atoms with Gasteiger partial charge in [0.25, 0.3) is 23.1 Å². The number of carbonyl (C=O) groups is 2. The number of hydrogen-bond donors (Lipinski definition) is 1. The summed E-state index contributed by atoms with van der Waals surface area (Å²) in [5, 5.41) is 33.0. The van der Waals surface area contributed by atoms with Crippen molar-refractivity contribution in [3.05, 3.63) is 115 Å². The van der Waals surface area contributed by atoms with E-state index in [9.17, 15) is 48.1 Å². The van der Waals surface area contributed by atoms with Crippen LogP contribution in [-0.2, 0) is 15.8 Å². The molecule has 4 rings (SSSR count). The predicted molar refractivity (Wildman–Crippen MR) is 122 cm³/mol. The van der Waals surface area contributed by atoms with Crippen molar-refractivity contribution in [3.8, 4) is 0 Å². The van der Waals surface area contributed by atoms with E-state index in [1.165, 1.54) is 18.2 Å². The van der Waals surface area contributed by atoms with Crippen molar-refractivity contribution in [2.45, 2.75) is 12.2 Å². The molecule has 1 N–H and O–H groups in total. The number of hydrogen-bond acceptors (Lipinski definition) is 7. The second kappa shape index (κ2) is 9.18. The molecule has 3 aromatic carbocycles. The van der Waals surface area contributed by atoms with Gasteiger partial charge in [-0.05, 0) is 48.0 Å². The Balaban J connectivity index is 1.93. The van der Waals surface area contributed by atoms with Gasteiger partial charge in [-0.1, -0.05) is 6.07 Å². The maximum absolute atomic E-state index is 13.4. The van der Waals surface area contributed by atoms with E-state index in [-0.39, 0.29) is 28.2 Å². The highest BCUT2D eigenvalue weighted by Crippen LogP contribution is 2.43. The lowest BCUT2D eigenvalue weighted by atomic mass is 9.95. The molecule has 0 radical (unpaired) electrons. The fraction of sp³-hybridized carbons (Fsp3) is 0.0833. The number of rotatable bonds is 5. The second-order valence-corrected chi connectivity index (χ2v) is 7.87. The van der Waals surface area contributed by atoms with E-state index in [0.29, 0.717) is 6.07 Å². The van der Waals surface area contributed by atoms with Crippen molar-refractivity contribution >= 4 is 34.5 Å². The molecule has 0 bridgehead atoms. The van der Waals surface area contributed by atoms with Crippen molar-refractivity contribution in [3.63, 3.8) is 0 Å². The number of nitro benzene ring substituents is 2. The highest BCUT2D eigenvalue weighted by molar-refractivity contribution is 6.51. The fourth-order valence-electron chi connectivity index (χ4n) is 3.92. The molecule has 3 aromatic rings. The largest absolute Gasteiger partial charge is 0.507 e. The van der Waals surface area contributed by atoms with Crippen molar-refractivity contribution in [1.82, 2.24) is 0 Å². The molecular formula is C24H14F3N3O7. The van der Waals surface area contributed by atoms with Crippen LogP contribution in [0.5, 0.6) is 0 Å². The van der Waals surface area contributed by atoms with Gasteiger partial charge in [0.15, 0.2) is 0 Å². The van der Waals surface area contributed by atoms with Gasteiger partial charge in [0.1, 0.15) is 5.76 Å². The number of nitrogens with zero attached hydrogens (tertiary/aromatic N) is 3. The molecule has 188 valence electrons. The number of amides is 1. The molecule has 1 heterocycles. The van der Waals surface area contributed by atoms with Crippen LogP contribution in [-0.4, -0.2) is 26.6 Å². The van der Waals surface area contributed by atoms with Crippen molar-refractivity contribution in [1.29, 1.82) is 0 Å². The normalized spacial score (nSPS) is 17.2. The molecule has 37 heavy (non-hydrogen) atoms. The molecule has 0 aliphatic carbocycles. The Morgan fingerprint density at radius 2 is 1.41 bits per heavy atom. The first kappa shape index (κ1) is 25.0. The summed E-state index contributed by atoms with van der Waals surface area (Å²) in [6.45, 7) is 0. The number of anilines is 1. The fourth-order valence-corrected chi connectivity index (χ4v) is 3.92. The number of ketones is 1. The van der Waals surface area contributed by atoms with Crippen LogP contribution in [0.3, 0.4) is 0 Å². The van der Waals surface area contributed by atoms with Gasteiger partial charge < -0.3 is 5.11 Å². The van der Waals surface area contributed by atoms with Crippen LogP contribution in [0.2, 0.25) is 0 Å². The smallest absolute Gasteiger partial charge is 0.416 e. The third-order valence-electron chi connectivity index (χ3n) is 5.67. The highest BCUT2D eigenvalue weighted by Gasteiger charge is 2.47. The summed E-state index contributed by atoms with van der Waals surface area (Å²) in [4.78, 5) is 47.5. The number of aliphatic hydroxyl groups excluding tert-OH is 1. The van der Waals surface area contributed by atoms with E-state index in [4.69, 9.17) is 0 Å². The quantitative estimate of drug-likeness (QED) is 0.163. The van der Waals surface area contributed by atoms with E-state index < -0.39 is 50.7 Å². The number of alkyl halides is 3. The summed E-state index contributed by atoms with van der Waals surface area (Å²) in [6, 6.07) is 11.1. The number of non-ortho nitro benzene ring substituents is 2. The van der Waals surface area contributed by atoms with Gasteiger partial charge in [-0.15, -0.1) is 0 Å². The maximum Gasteiger partial charge on any atom is 0.416 e. The molecule has 1 atom stereocenters. The van der Waals surface area contributed by atoms with E-state index >= 15 is 0 Å². The van der Waals surface area contributed by atoms with Crippen LogP contribution in [0.4, 0.5) is 30.2 Å². The predicted octanol–water partition coefficient (Wildman–Crippen LogP) is 5.15. The summed E-state index contributed by atoms with van der Waals surface area (Å²) in [5.41, 5.74) is -2.52. The first-order valence-electron chi connectivity index (χ1n) is 10.4. The summed E-state index contributed by atoms with van der Waals surface area (Å²) in [5.74, 6) is -3.20. The van der Waals surface area contributed by atoms with Gasteiger partial charge in [-0.25, -0.2) is 0 Å². The van der Waals surface area contributed by atoms with E-state index in [0.717, 1.165) is 53.4 Å². The summed E-state index contributed by atoms with van der Waals surface area (Å²) in [7, 11) is 0. The first-order valence-corrected chi connectivity index (χ1v) is 10.4. The molecule has 0 saturated carbocycles. The number of carbonyl (C=O) groups excluding carboxylic acids is 2. The standard InChI is InChI=1S/C24H14F3N3O7/c25-24(26,27)15-2-1-3-18(12-15)28-20(13-4-8-16(9-5-13)29(34)35)19(22(32)23(28)33)21(31)14-6-10-17(11-7-14)30(36)37/h1-12,20,31H/t20-/m0/s1. The molecular weight excluding hydrogens is 499 g/mol. The minimum absolute atomic E-state index is 0.0699. The van der Waals surface area contributed by atoms with Gasteiger partial charge in [-0.2, -0.15) is 13.2 Å². The number of nitro groups is 2. The first-order chi connectivity index (χ1) is 17.4. The lowest BCUT2D eigenvalue weighted by molar-refractivity contribution is -0.385. The van der Waals surface area contributed by atoms with E-state index in [1.807, 2.05) is 0 Å². The number of benzene rings is 3. The summed E-state index contributed by atoms with van der Waals surface area (Å²) in [6.07, 6.45) is -4.76. The second-order valence-electron chi connectivity index (χ2n) is 7.87. The SMILES string of the molecule is O=C1C(=O)N(c2cccc(C(F)(F)F)c2)[C@@H](c2ccc([N+](=O)[O-])cc2)C1=C(O)c1ccc([N+](=O)[O-])cc1. The van der Waals surface area contributed by atoms with Crippen molar-refractivity contribution < 1.29 is 37.7 Å². The molecule has 13 heteroatoms. The molecule has 0 unspecified atom stereocenters. The van der Waals surface area contributed by atoms with E-state index in [2.05, 4.69) is 0 Å². The molecule has 1 fully saturated rings. The molecule has 1 aliphatic rings. The zero-order valence-electron chi connectivity index (χ0n) is 18.4. The van der Waals surface area contributed by atoms with Gasteiger partial charge >= 0.3 is 6.18 Å². The Hall–Kier alpha value is -5.07. The molecule has 1 amide bonds. The van der Waals surface area contributed by atoms with Crippen molar-refractivity contribution in [2.24, 2.45) is 0 Å². The zero-order chi connectivity index (χ0) is 27.1. The van der Waals surface area contributed by atoms with Crippen molar-refractivity contribution in [2.75, 3.05) is 4.90 Å².